The second-order valence-corrected chi connectivity index (χ2v) is 7.15. The lowest BCUT2D eigenvalue weighted by Crippen LogP contribution is -2.22. The lowest BCUT2D eigenvalue weighted by Gasteiger charge is -2.20. The van der Waals surface area contributed by atoms with Crippen molar-refractivity contribution in [1.82, 2.24) is 15.2 Å². The number of nitrogens with zero attached hydrogens (tertiary/aromatic N) is 2. The van der Waals surface area contributed by atoms with E-state index < -0.39 is 0 Å². The molecule has 2 aromatic carbocycles. The Morgan fingerprint density at radius 2 is 1.87 bits per heavy atom. The molecule has 4 aromatic rings. The number of hydrogen-bond acceptors (Lipinski definition) is 5. The van der Waals surface area contributed by atoms with Crippen LogP contribution in [-0.2, 0) is 19.6 Å². The van der Waals surface area contributed by atoms with Gasteiger partial charge in [0.2, 0.25) is 5.89 Å². The molecule has 0 saturated carbocycles. The minimum atomic E-state index is -0.336. The average Bonchev–Trinajstić information content (AvgIpc) is 3.46. The van der Waals surface area contributed by atoms with Gasteiger partial charge in [-0.3, -0.25) is 9.69 Å². The fourth-order valence-corrected chi connectivity index (χ4v) is 3.32. The Hall–Kier alpha value is -3.71. The lowest BCUT2D eigenvalue weighted by atomic mass is 10.1. The van der Waals surface area contributed by atoms with Crippen LogP contribution in [-0.4, -0.2) is 22.8 Å². The highest BCUT2D eigenvalue weighted by molar-refractivity contribution is 5.93. The van der Waals surface area contributed by atoms with Crippen molar-refractivity contribution < 1.29 is 18.0 Å². The fourth-order valence-electron chi connectivity index (χ4n) is 3.32. The minimum absolute atomic E-state index is 0.119. The van der Waals surface area contributed by atoms with Crippen LogP contribution in [0, 0.1) is 5.82 Å². The Kier molecular flexibility index (Phi) is 6.24. The van der Waals surface area contributed by atoms with Crippen LogP contribution in [0.25, 0.3) is 11.5 Å². The Bertz CT molecular complexity index is 1140. The molecule has 6 nitrogen and oxygen atoms in total. The van der Waals surface area contributed by atoms with Crippen molar-refractivity contribution in [3.05, 3.63) is 102 Å². The van der Waals surface area contributed by atoms with Crippen molar-refractivity contribution in [3.8, 4) is 11.5 Å². The summed E-state index contributed by atoms with van der Waals surface area (Å²) in [4.78, 5) is 18.4. The van der Waals surface area contributed by atoms with Crippen molar-refractivity contribution in [3.63, 3.8) is 0 Å². The van der Waals surface area contributed by atoms with Crippen LogP contribution in [0.2, 0.25) is 0 Å². The summed E-state index contributed by atoms with van der Waals surface area (Å²) in [7, 11) is 1.61. The highest BCUT2D eigenvalue weighted by atomic mass is 19.1. The summed E-state index contributed by atoms with van der Waals surface area (Å²) < 4.78 is 24.6. The van der Waals surface area contributed by atoms with Crippen molar-refractivity contribution in [2.75, 3.05) is 7.05 Å². The second-order valence-electron chi connectivity index (χ2n) is 7.15. The van der Waals surface area contributed by atoms with Gasteiger partial charge in [-0.15, -0.1) is 0 Å². The van der Waals surface area contributed by atoms with Crippen LogP contribution in [0.15, 0.2) is 82.0 Å². The average molecular weight is 419 g/mol. The Morgan fingerprint density at radius 3 is 2.58 bits per heavy atom. The van der Waals surface area contributed by atoms with Gasteiger partial charge in [-0.25, -0.2) is 9.37 Å². The molecule has 0 saturated heterocycles. The monoisotopic (exact) mass is 419 g/mol. The summed E-state index contributed by atoms with van der Waals surface area (Å²) in [6, 6.07) is 17.4. The molecule has 2 heterocycles. The van der Waals surface area contributed by atoms with Gasteiger partial charge in [-0.05, 0) is 48.0 Å². The van der Waals surface area contributed by atoms with E-state index in [4.69, 9.17) is 8.83 Å². The molecule has 0 fully saturated rings. The molecule has 0 bridgehead atoms. The SMILES string of the molecule is CNC(=O)c1ccc(CN(Cc2coc(-c3cccc(F)c3)n2)Cc2ccco2)cc1. The molecule has 0 aliphatic rings. The molecule has 4 rings (SSSR count). The minimum Gasteiger partial charge on any atom is -0.468 e. The summed E-state index contributed by atoms with van der Waals surface area (Å²) in [6.45, 7) is 1.71. The summed E-state index contributed by atoms with van der Waals surface area (Å²) in [5.74, 6) is 0.751. The van der Waals surface area contributed by atoms with Crippen LogP contribution >= 0.6 is 0 Å². The summed E-state index contributed by atoms with van der Waals surface area (Å²) in [6.07, 6.45) is 3.23. The first kappa shape index (κ1) is 20.6. The van der Waals surface area contributed by atoms with Crippen LogP contribution in [0.3, 0.4) is 0 Å². The maximum absolute atomic E-state index is 13.5. The van der Waals surface area contributed by atoms with Gasteiger partial charge < -0.3 is 14.2 Å². The zero-order valence-corrected chi connectivity index (χ0v) is 17.0. The van der Waals surface area contributed by atoms with E-state index in [1.165, 1.54) is 12.1 Å². The topological polar surface area (TPSA) is 71.5 Å². The van der Waals surface area contributed by atoms with E-state index in [0.29, 0.717) is 36.7 Å². The van der Waals surface area contributed by atoms with E-state index in [-0.39, 0.29) is 11.7 Å². The van der Waals surface area contributed by atoms with Crippen LogP contribution in [0.5, 0.6) is 0 Å². The Labute approximate surface area is 179 Å². The second kappa shape index (κ2) is 9.40. The molecule has 0 aliphatic carbocycles. The molecule has 7 heteroatoms. The van der Waals surface area contributed by atoms with E-state index in [1.54, 1.807) is 43.8 Å². The van der Waals surface area contributed by atoms with Gasteiger partial charge in [-0.1, -0.05) is 18.2 Å². The van der Waals surface area contributed by atoms with Gasteiger partial charge in [-0.2, -0.15) is 0 Å². The van der Waals surface area contributed by atoms with Crippen LogP contribution in [0.4, 0.5) is 4.39 Å². The van der Waals surface area contributed by atoms with Crippen LogP contribution in [0.1, 0.15) is 27.4 Å². The first-order valence-corrected chi connectivity index (χ1v) is 9.87. The number of benzene rings is 2. The number of rotatable bonds is 8. The zero-order chi connectivity index (χ0) is 21.6. The smallest absolute Gasteiger partial charge is 0.251 e. The standard InChI is InChI=1S/C24H22FN3O3/c1-26-23(29)18-9-7-17(8-10-18)13-28(15-22-6-3-11-30-22)14-21-16-31-24(27-21)19-4-2-5-20(25)12-19/h2-12,16H,13-15H2,1H3,(H,26,29). The lowest BCUT2D eigenvalue weighted by molar-refractivity contribution is 0.0963. The summed E-state index contributed by atoms with van der Waals surface area (Å²) in [5, 5.41) is 2.62. The number of hydrogen-bond donors (Lipinski definition) is 1. The van der Waals surface area contributed by atoms with Crippen molar-refractivity contribution in [2.45, 2.75) is 19.6 Å². The van der Waals surface area contributed by atoms with Gasteiger partial charge in [0.15, 0.2) is 0 Å². The molecule has 158 valence electrons. The van der Waals surface area contributed by atoms with Crippen molar-refractivity contribution in [1.29, 1.82) is 0 Å². The predicted octanol–water partition coefficient (Wildman–Crippen LogP) is 4.64. The Morgan fingerprint density at radius 1 is 1.03 bits per heavy atom. The molecule has 31 heavy (non-hydrogen) atoms. The first-order chi connectivity index (χ1) is 15.1. The van der Waals surface area contributed by atoms with E-state index in [1.807, 2.05) is 24.3 Å². The number of carbonyl (C=O) groups excluding carboxylic acids is 1. The highest BCUT2D eigenvalue weighted by Gasteiger charge is 2.14. The van der Waals surface area contributed by atoms with Crippen LogP contribution < -0.4 is 5.32 Å². The van der Waals surface area contributed by atoms with Gasteiger partial charge >= 0.3 is 0 Å². The number of carbonyl (C=O) groups is 1. The molecular weight excluding hydrogens is 397 g/mol. The molecule has 0 atom stereocenters. The van der Waals surface area contributed by atoms with Crippen molar-refractivity contribution >= 4 is 5.91 Å². The highest BCUT2D eigenvalue weighted by Crippen LogP contribution is 2.21. The molecule has 1 N–H and O–H groups in total. The maximum Gasteiger partial charge on any atom is 0.251 e. The van der Waals surface area contributed by atoms with E-state index >= 15 is 0 Å². The maximum atomic E-state index is 13.5. The molecule has 0 aliphatic heterocycles. The Balaban J connectivity index is 1.51. The summed E-state index contributed by atoms with van der Waals surface area (Å²) in [5.41, 5.74) is 2.98. The molecule has 0 radical (unpaired) electrons. The van der Waals surface area contributed by atoms with Gasteiger partial charge in [0.05, 0.1) is 18.5 Å². The van der Waals surface area contributed by atoms with Gasteiger partial charge in [0, 0.05) is 31.3 Å². The molecule has 0 spiro atoms. The predicted molar refractivity (Wildman–Crippen MR) is 113 cm³/mol. The quantitative estimate of drug-likeness (QED) is 0.451. The van der Waals surface area contributed by atoms with E-state index in [9.17, 15) is 9.18 Å². The number of furan rings is 1. The number of halogens is 1. The van der Waals surface area contributed by atoms with Crippen molar-refractivity contribution in [2.24, 2.45) is 0 Å². The normalized spacial score (nSPS) is 11.1. The first-order valence-electron chi connectivity index (χ1n) is 9.87. The third-order valence-corrected chi connectivity index (χ3v) is 4.82. The third-order valence-electron chi connectivity index (χ3n) is 4.82. The number of nitrogens with one attached hydrogen (secondary N) is 1. The molecule has 1 amide bonds. The van der Waals surface area contributed by atoms with E-state index in [2.05, 4.69) is 15.2 Å². The van der Waals surface area contributed by atoms with Gasteiger partial charge in [0.1, 0.15) is 17.8 Å². The molecule has 0 unspecified atom stereocenters. The largest absolute Gasteiger partial charge is 0.468 e. The zero-order valence-electron chi connectivity index (χ0n) is 17.0. The number of oxazole rings is 1. The fraction of sp³-hybridized carbons (Fsp3) is 0.167. The van der Waals surface area contributed by atoms with Gasteiger partial charge in [0.25, 0.3) is 5.91 Å². The molecular formula is C24H22FN3O3. The number of aromatic nitrogens is 1. The summed E-state index contributed by atoms with van der Waals surface area (Å²) >= 11 is 0. The third kappa shape index (κ3) is 5.26. The van der Waals surface area contributed by atoms with E-state index in [0.717, 1.165) is 17.0 Å². The molecule has 2 aromatic heterocycles. The number of amides is 1.